The summed E-state index contributed by atoms with van der Waals surface area (Å²) in [5.41, 5.74) is 1.60. The van der Waals surface area contributed by atoms with Gasteiger partial charge < -0.3 is 5.11 Å². The Balaban J connectivity index is 2.20. The summed E-state index contributed by atoms with van der Waals surface area (Å²) in [6, 6.07) is 7.46. The van der Waals surface area contributed by atoms with Gasteiger partial charge in [-0.2, -0.15) is 18.3 Å². The Morgan fingerprint density at radius 2 is 1.89 bits per heavy atom. The van der Waals surface area contributed by atoms with Crippen LogP contribution in [0.15, 0.2) is 42.7 Å². The lowest BCUT2D eigenvalue weighted by atomic mass is 9.89. The average Bonchev–Trinajstić information content (AvgIpc) is 3.03. The van der Waals surface area contributed by atoms with Crippen molar-refractivity contribution in [2.24, 2.45) is 0 Å². The summed E-state index contributed by atoms with van der Waals surface area (Å²) in [6.45, 7) is 4.03. The number of carbonyl (C=O) groups is 1. The van der Waals surface area contributed by atoms with Crippen LogP contribution in [0.1, 0.15) is 49.3 Å². The van der Waals surface area contributed by atoms with Crippen molar-refractivity contribution in [1.82, 2.24) is 9.61 Å². The third kappa shape index (κ3) is 3.88. The predicted octanol–water partition coefficient (Wildman–Crippen LogP) is 5.55. The molecule has 148 valence electrons. The zero-order valence-corrected chi connectivity index (χ0v) is 15.6. The van der Waals surface area contributed by atoms with E-state index in [1.165, 1.54) is 10.7 Å². The van der Waals surface area contributed by atoms with Crippen molar-refractivity contribution in [1.29, 1.82) is 0 Å². The van der Waals surface area contributed by atoms with E-state index in [-0.39, 0.29) is 17.9 Å². The summed E-state index contributed by atoms with van der Waals surface area (Å²) < 4.78 is 42.4. The molecule has 0 aliphatic heterocycles. The first-order valence-electron chi connectivity index (χ1n) is 9.14. The number of pyridine rings is 1. The molecule has 0 saturated carbocycles. The van der Waals surface area contributed by atoms with E-state index in [1.54, 1.807) is 30.5 Å². The molecule has 4 nitrogen and oxygen atoms in total. The number of hydrogen-bond donors (Lipinski definition) is 1. The molecule has 0 fully saturated rings. The molecule has 7 heteroatoms. The van der Waals surface area contributed by atoms with Gasteiger partial charge in [-0.05, 0) is 53.6 Å². The highest BCUT2D eigenvalue weighted by Crippen LogP contribution is 2.39. The van der Waals surface area contributed by atoms with Crippen LogP contribution >= 0.6 is 0 Å². The lowest BCUT2D eigenvalue weighted by molar-refractivity contribution is -0.137. The van der Waals surface area contributed by atoms with Crippen molar-refractivity contribution >= 4 is 11.5 Å². The van der Waals surface area contributed by atoms with Crippen molar-refractivity contribution in [3.8, 4) is 11.1 Å². The topological polar surface area (TPSA) is 54.6 Å². The average molecular weight is 390 g/mol. The van der Waals surface area contributed by atoms with Crippen LogP contribution in [0.3, 0.4) is 0 Å². The Morgan fingerprint density at radius 1 is 1.18 bits per heavy atom. The van der Waals surface area contributed by atoms with Gasteiger partial charge in [-0.1, -0.05) is 26.0 Å². The molecule has 0 radical (unpaired) electrons. The number of alkyl halides is 3. The maximum absolute atomic E-state index is 13.6. The third-order valence-electron chi connectivity index (χ3n) is 5.06. The first-order valence-corrected chi connectivity index (χ1v) is 9.14. The fourth-order valence-corrected chi connectivity index (χ4v) is 3.56. The van der Waals surface area contributed by atoms with Crippen LogP contribution in [0.25, 0.3) is 16.6 Å². The Morgan fingerprint density at radius 3 is 2.50 bits per heavy atom. The van der Waals surface area contributed by atoms with E-state index < -0.39 is 17.7 Å². The maximum atomic E-state index is 13.6. The van der Waals surface area contributed by atoms with E-state index in [9.17, 15) is 18.0 Å². The van der Waals surface area contributed by atoms with Gasteiger partial charge in [0.15, 0.2) is 0 Å². The standard InChI is InChI=1S/C21H21F3N2O2/c1-3-13(4-2)14-5-6-18(21(22,23)24)17(9-14)15-7-8-26-19(10-15)16(12-25-26)11-20(27)28/h5-10,12-13H,3-4,11H2,1-2H3,(H,27,28). The van der Waals surface area contributed by atoms with Gasteiger partial charge in [0.05, 0.1) is 23.7 Å². The summed E-state index contributed by atoms with van der Waals surface area (Å²) >= 11 is 0. The fourth-order valence-electron chi connectivity index (χ4n) is 3.56. The van der Waals surface area contributed by atoms with Crippen LogP contribution < -0.4 is 0 Å². The van der Waals surface area contributed by atoms with Crippen molar-refractivity contribution in [3.63, 3.8) is 0 Å². The van der Waals surface area contributed by atoms with Gasteiger partial charge >= 0.3 is 12.1 Å². The van der Waals surface area contributed by atoms with Crippen LogP contribution in [0, 0.1) is 0 Å². The number of nitrogens with zero attached hydrogens (tertiary/aromatic N) is 2. The zero-order chi connectivity index (χ0) is 20.5. The van der Waals surface area contributed by atoms with Gasteiger partial charge in [-0.15, -0.1) is 0 Å². The van der Waals surface area contributed by atoms with Crippen molar-refractivity contribution in [3.05, 3.63) is 59.4 Å². The number of aliphatic carboxylic acids is 1. The molecule has 0 amide bonds. The molecule has 28 heavy (non-hydrogen) atoms. The number of rotatable bonds is 6. The minimum atomic E-state index is -4.49. The molecule has 2 heterocycles. The number of aromatic nitrogens is 2. The van der Waals surface area contributed by atoms with E-state index in [4.69, 9.17) is 5.11 Å². The summed E-state index contributed by atoms with van der Waals surface area (Å²) in [7, 11) is 0. The van der Waals surface area contributed by atoms with E-state index in [2.05, 4.69) is 5.10 Å². The molecular weight excluding hydrogens is 369 g/mol. The van der Waals surface area contributed by atoms with Crippen molar-refractivity contribution in [2.45, 2.75) is 45.2 Å². The Hall–Kier alpha value is -2.83. The highest BCUT2D eigenvalue weighted by Gasteiger charge is 2.34. The minimum absolute atomic E-state index is 0.0990. The quantitative estimate of drug-likeness (QED) is 0.600. The molecule has 0 aliphatic rings. The van der Waals surface area contributed by atoms with Crippen molar-refractivity contribution in [2.75, 3.05) is 0 Å². The summed E-state index contributed by atoms with van der Waals surface area (Å²) in [6.07, 6.45) is -0.0686. The molecule has 0 aliphatic carbocycles. The first-order chi connectivity index (χ1) is 13.2. The molecule has 0 unspecified atom stereocenters. The zero-order valence-electron chi connectivity index (χ0n) is 15.6. The Kier molecular flexibility index (Phi) is 5.45. The normalized spacial score (nSPS) is 12.1. The molecule has 0 bridgehead atoms. The summed E-state index contributed by atoms with van der Waals surface area (Å²) in [5, 5.41) is 13.1. The van der Waals surface area contributed by atoms with Crippen LogP contribution in [0.2, 0.25) is 0 Å². The number of carboxylic acid groups (broad SMARTS) is 1. The number of halogens is 3. The summed E-state index contributed by atoms with van der Waals surface area (Å²) in [5.74, 6) is -0.839. The predicted molar refractivity (Wildman–Crippen MR) is 100 cm³/mol. The lowest BCUT2D eigenvalue weighted by Crippen LogP contribution is -2.09. The van der Waals surface area contributed by atoms with Gasteiger partial charge in [0.2, 0.25) is 0 Å². The molecular formula is C21H21F3N2O2. The fraction of sp³-hybridized carbons (Fsp3) is 0.333. The molecule has 3 rings (SSSR count). The van der Waals surface area contributed by atoms with Gasteiger partial charge in [-0.3, -0.25) is 4.79 Å². The number of carboxylic acids is 1. The molecule has 1 aromatic carbocycles. The molecule has 3 aromatic rings. The van der Waals surface area contributed by atoms with Crippen LogP contribution in [-0.4, -0.2) is 20.7 Å². The van der Waals surface area contributed by atoms with Gasteiger partial charge in [0, 0.05) is 11.8 Å². The highest BCUT2D eigenvalue weighted by molar-refractivity contribution is 5.78. The first kappa shape index (κ1) is 19.9. The lowest BCUT2D eigenvalue weighted by Gasteiger charge is -2.18. The van der Waals surface area contributed by atoms with Crippen LogP contribution in [0.4, 0.5) is 13.2 Å². The monoisotopic (exact) mass is 390 g/mol. The second-order valence-electron chi connectivity index (χ2n) is 6.80. The Bertz CT molecular complexity index is 1000. The van der Waals surface area contributed by atoms with Crippen LogP contribution in [-0.2, 0) is 17.4 Å². The second-order valence-corrected chi connectivity index (χ2v) is 6.80. The number of hydrogen-bond acceptors (Lipinski definition) is 2. The van der Waals surface area contributed by atoms with Gasteiger partial charge in [0.1, 0.15) is 0 Å². The van der Waals surface area contributed by atoms with E-state index in [0.29, 0.717) is 16.6 Å². The Labute approximate surface area is 160 Å². The van der Waals surface area contributed by atoms with Gasteiger partial charge in [0.25, 0.3) is 0 Å². The minimum Gasteiger partial charge on any atom is -0.481 e. The van der Waals surface area contributed by atoms with E-state index in [0.717, 1.165) is 24.5 Å². The van der Waals surface area contributed by atoms with Crippen molar-refractivity contribution < 1.29 is 23.1 Å². The number of fused-ring (bicyclic) bond motifs is 1. The van der Waals surface area contributed by atoms with E-state index >= 15 is 0 Å². The molecule has 0 spiro atoms. The maximum Gasteiger partial charge on any atom is 0.417 e. The summed E-state index contributed by atoms with van der Waals surface area (Å²) in [4.78, 5) is 11.1. The smallest absolute Gasteiger partial charge is 0.417 e. The SMILES string of the molecule is CCC(CC)c1ccc(C(F)(F)F)c(-c2ccn3ncc(CC(=O)O)c3c2)c1. The van der Waals surface area contributed by atoms with Gasteiger partial charge in [-0.25, -0.2) is 4.52 Å². The molecule has 2 aromatic heterocycles. The molecule has 1 N–H and O–H groups in total. The second kappa shape index (κ2) is 7.66. The number of benzene rings is 1. The molecule has 0 saturated heterocycles. The largest absolute Gasteiger partial charge is 0.481 e. The third-order valence-corrected chi connectivity index (χ3v) is 5.06. The van der Waals surface area contributed by atoms with Crippen LogP contribution in [0.5, 0.6) is 0 Å². The molecule has 0 atom stereocenters. The highest BCUT2D eigenvalue weighted by atomic mass is 19.4. The van der Waals surface area contributed by atoms with E-state index in [1.807, 2.05) is 13.8 Å².